The van der Waals surface area contributed by atoms with Gasteiger partial charge in [0.2, 0.25) is 0 Å². The highest BCUT2D eigenvalue weighted by Gasteiger charge is 2.03. The Morgan fingerprint density at radius 2 is 2.14 bits per heavy atom. The van der Waals surface area contributed by atoms with Crippen molar-refractivity contribution in [2.45, 2.75) is 0 Å². The van der Waals surface area contributed by atoms with Crippen LogP contribution < -0.4 is 5.73 Å². The molecule has 1 aromatic carbocycles. The quantitative estimate of drug-likeness (QED) is 0.664. The summed E-state index contributed by atoms with van der Waals surface area (Å²) in [5.74, 6) is 0.133. The van der Waals surface area contributed by atoms with Gasteiger partial charge in [-0.1, -0.05) is 12.1 Å². The van der Waals surface area contributed by atoms with E-state index < -0.39 is 0 Å². The van der Waals surface area contributed by atoms with Gasteiger partial charge in [-0.3, -0.25) is 0 Å². The lowest BCUT2D eigenvalue weighted by molar-refractivity contribution is 0.875. The zero-order valence-electron chi connectivity index (χ0n) is 7.25. The Hall–Kier alpha value is -2.35. The molecule has 5 nitrogen and oxygen atoms in total. The maximum Gasteiger partial charge on any atom is 0.252 e. The molecule has 0 amide bonds. The van der Waals surface area contributed by atoms with Gasteiger partial charge in [0, 0.05) is 0 Å². The zero-order chi connectivity index (χ0) is 9.97. The normalized spacial score (nSPS) is 9.64. The van der Waals surface area contributed by atoms with Crippen LogP contribution in [0.4, 0.5) is 5.69 Å². The zero-order valence-corrected chi connectivity index (χ0v) is 7.25. The minimum absolute atomic E-state index is 0.133. The molecule has 14 heavy (non-hydrogen) atoms. The van der Waals surface area contributed by atoms with Crippen molar-refractivity contribution in [3.05, 3.63) is 36.4 Å². The van der Waals surface area contributed by atoms with Gasteiger partial charge < -0.3 is 5.73 Å². The van der Waals surface area contributed by atoms with Crippen molar-refractivity contribution in [2.24, 2.45) is 0 Å². The number of benzene rings is 1. The third-order valence-electron chi connectivity index (χ3n) is 1.78. The highest BCUT2D eigenvalue weighted by Crippen LogP contribution is 2.14. The van der Waals surface area contributed by atoms with E-state index in [1.807, 2.05) is 24.3 Å². The van der Waals surface area contributed by atoms with Crippen LogP contribution >= 0.6 is 0 Å². The molecule has 1 aromatic heterocycles. The molecule has 0 atom stereocenters. The van der Waals surface area contributed by atoms with Crippen molar-refractivity contribution >= 4 is 5.69 Å². The molecule has 68 valence electrons. The molecule has 0 aliphatic carbocycles. The monoisotopic (exact) mass is 185 g/mol. The fourth-order valence-electron chi connectivity index (χ4n) is 1.13. The number of hydrogen-bond donors (Lipinski definition) is 1. The number of rotatable bonds is 1. The summed E-state index contributed by atoms with van der Waals surface area (Å²) in [6, 6.07) is 9.11. The Kier molecular flexibility index (Phi) is 1.88. The molecular weight excluding hydrogens is 178 g/mol. The average Bonchev–Trinajstić information content (AvgIpc) is 2.67. The summed E-state index contributed by atoms with van der Waals surface area (Å²) in [6.45, 7) is 0. The lowest BCUT2D eigenvalue weighted by Gasteiger charge is -2.02. The SMILES string of the molecule is N#Cc1ncn(-c2ccccc2N)n1. The first kappa shape index (κ1) is 8.26. The molecule has 2 N–H and O–H groups in total. The maximum absolute atomic E-state index is 8.55. The smallest absolute Gasteiger partial charge is 0.252 e. The van der Waals surface area contributed by atoms with Crippen molar-refractivity contribution in [1.29, 1.82) is 5.26 Å². The van der Waals surface area contributed by atoms with Gasteiger partial charge in [-0.05, 0) is 12.1 Å². The van der Waals surface area contributed by atoms with E-state index in [9.17, 15) is 0 Å². The standard InChI is InChI=1S/C9H7N5/c10-5-9-12-6-14(13-9)8-4-2-1-3-7(8)11/h1-4,6H,11H2. The van der Waals surface area contributed by atoms with E-state index in [-0.39, 0.29) is 5.82 Å². The largest absolute Gasteiger partial charge is 0.397 e. The minimum Gasteiger partial charge on any atom is -0.397 e. The predicted molar refractivity (Wildman–Crippen MR) is 50.5 cm³/mol. The van der Waals surface area contributed by atoms with Crippen LogP contribution in [0.5, 0.6) is 0 Å². The second kappa shape index (κ2) is 3.18. The van der Waals surface area contributed by atoms with Crippen molar-refractivity contribution in [3.63, 3.8) is 0 Å². The lowest BCUT2D eigenvalue weighted by atomic mass is 10.3. The molecule has 0 fully saturated rings. The van der Waals surface area contributed by atoms with E-state index in [1.165, 1.54) is 11.0 Å². The number of nitriles is 1. The molecule has 0 spiro atoms. The molecule has 0 bridgehead atoms. The van der Waals surface area contributed by atoms with Gasteiger partial charge in [0.05, 0.1) is 11.4 Å². The molecular formula is C9H7N5. The van der Waals surface area contributed by atoms with E-state index >= 15 is 0 Å². The summed E-state index contributed by atoms with van der Waals surface area (Å²) in [6.07, 6.45) is 1.46. The lowest BCUT2D eigenvalue weighted by Crippen LogP contribution is -1.99. The van der Waals surface area contributed by atoms with Crippen LogP contribution in [0.3, 0.4) is 0 Å². The van der Waals surface area contributed by atoms with Gasteiger partial charge in [0.1, 0.15) is 12.4 Å². The number of hydrogen-bond acceptors (Lipinski definition) is 4. The van der Waals surface area contributed by atoms with Crippen LogP contribution in [-0.4, -0.2) is 14.8 Å². The third-order valence-corrected chi connectivity index (χ3v) is 1.78. The van der Waals surface area contributed by atoms with E-state index in [4.69, 9.17) is 11.0 Å². The summed E-state index contributed by atoms with van der Waals surface area (Å²) in [5.41, 5.74) is 7.05. The van der Waals surface area contributed by atoms with Gasteiger partial charge >= 0.3 is 0 Å². The van der Waals surface area contributed by atoms with Gasteiger partial charge in [-0.25, -0.2) is 9.67 Å². The molecule has 0 saturated carbocycles. The fourth-order valence-corrected chi connectivity index (χ4v) is 1.13. The molecule has 0 saturated heterocycles. The number of aromatic nitrogens is 3. The van der Waals surface area contributed by atoms with Gasteiger partial charge in [-0.15, -0.1) is 5.10 Å². The Bertz CT molecular complexity index is 494. The topological polar surface area (TPSA) is 80.5 Å². The van der Waals surface area contributed by atoms with Crippen LogP contribution in [-0.2, 0) is 0 Å². The Balaban J connectivity index is 2.51. The van der Waals surface area contributed by atoms with Gasteiger partial charge in [-0.2, -0.15) is 5.26 Å². The first-order chi connectivity index (χ1) is 6.81. The van der Waals surface area contributed by atoms with Crippen LogP contribution in [0.1, 0.15) is 5.82 Å². The Morgan fingerprint density at radius 1 is 1.36 bits per heavy atom. The number of para-hydroxylation sites is 2. The number of nitrogens with two attached hydrogens (primary N) is 1. The molecule has 1 heterocycles. The van der Waals surface area contributed by atoms with Gasteiger partial charge in [0.25, 0.3) is 5.82 Å². The van der Waals surface area contributed by atoms with E-state index in [0.29, 0.717) is 5.69 Å². The highest BCUT2D eigenvalue weighted by molar-refractivity contribution is 5.56. The van der Waals surface area contributed by atoms with Crippen LogP contribution in [0, 0.1) is 11.3 Å². The molecule has 2 rings (SSSR count). The van der Waals surface area contributed by atoms with E-state index in [1.54, 1.807) is 6.07 Å². The van der Waals surface area contributed by atoms with E-state index in [0.717, 1.165) is 5.69 Å². The van der Waals surface area contributed by atoms with Crippen molar-refractivity contribution in [2.75, 3.05) is 5.73 Å². The van der Waals surface area contributed by atoms with Gasteiger partial charge in [0.15, 0.2) is 0 Å². The molecule has 5 heteroatoms. The summed E-state index contributed by atoms with van der Waals surface area (Å²) < 4.78 is 1.48. The van der Waals surface area contributed by atoms with Crippen molar-refractivity contribution in [3.8, 4) is 11.8 Å². The third kappa shape index (κ3) is 1.29. The summed E-state index contributed by atoms with van der Waals surface area (Å²) in [5, 5.41) is 12.5. The minimum atomic E-state index is 0.133. The second-order valence-electron chi connectivity index (χ2n) is 2.68. The first-order valence-corrected chi connectivity index (χ1v) is 3.98. The van der Waals surface area contributed by atoms with Crippen molar-refractivity contribution < 1.29 is 0 Å². The molecule has 0 aliphatic heterocycles. The number of nitrogens with zero attached hydrogens (tertiary/aromatic N) is 4. The van der Waals surface area contributed by atoms with Crippen molar-refractivity contribution in [1.82, 2.24) is 14.8 Å². The number of nitrogen functional groups attached to an aromatic ring is 1. The summed E-state index contributed by atoms with van der Waals surface area (Å²) >= 11 is 0. The maximum atomic E-state index is 8.55. The van der Waals surface area contributed by atoms with E-state index in [2.05, 4.69) is 10.1 Å². The number of anilines is 1. The fraction of sp³-hybridized carbons (Fsp3) is 0. The molecule has 2 aromatic rings. The average molecular weight is 185 g/mol. The Labute approximate surface area is 80.4 Å². The molecule has 0 radical (unpaired) electrons. The van der Waals surface area contributed by atoms with Crippen LogP contribution in [0.15, 0.2) is 30.6 Å². The van der Waals surface area contributed by atoms with Crippen LogP contribution in [0.25, 0.3) is 5.69 Å². The highest BCUT2D eigenvalue weighted by atomic mass is 15.3. The predicted octanol–water partition coefficient (Wildman–Crippen LogP) is 0.721. The molecule has 0 unspecified atom stereocenters. The summed E-state index contributed by atoms with van der Waals surface area (Å²) in [4.78, 5) is 3.79. The Morgan fingerprint density at radius 3 is 2.79 bits per heavy atom. The second-order valence-corrected chi connectivity index (χ2v) is 2.68. The molecule has 0 aliphatic rings. The first-order valence-electron chi connectivity index (χ1n) is 3.98. The van der Waals surface area contributed by atoms with Crippen LogP contribution in [0.2, 0.25) is 0 Å². The summed E-state index contributed by atoms with van der Waals surface area (Å²) in [7, 11) is 0.